The monoisotopic (exact) mass is 493 g/mol. The molecule has 35 heavy (non-hydrogen) atoms. The Morgan fingerprint density at radius 2 is 1.17 bits per heavy atom. The summed E-state index contributed by atoms with van der Waals surface area (Å²) in [4.78, 5) is 0. The fourth-order valence-electron chi connectivity index (χ4n) is 3.82. The van der Waals surface area contributed by atoms with Crippen LogP contribution in [-0.2, 0) is 43.1 Å². The van der Waals surface area contributed by atoms with Gasteiger partial charge in [0, 0.05) is 15.5 Å². The first-order valence-electron chi connectivity index (χ1n) is 11.4. The first-order valence-corrected chi connectivity index (χ1v) is 12.6. The summed E-state index contributed by atoms with van der Waals surface area (Å²) in [6.45, 7) is 1.45. The summed E-state index contributed by atoms with van der Waals surface area (Å²) in [7, 11) is -0.0437. The summed E-state index contributed by atoms with van der Waals surface area (Å²) in [5.74, 6) is -0.949. The molecule has 4 rings (SSSR count). The van der Waals surface area contributed by atoms with Gasteiger partial charge in [-0.3, -0.25) is 0 Å². The zero-order chi connectivity index (χ0) is 23.6. The molecule has 0 unspecified atom stereocenters. The lowest BCUT2D eigenvalue weighted by atomic mass is 10.1. The summed E-state index contributed by atoms with van der Waals surface area (Å²) in [6.07, 6.45) is -1.62. The molecule has 8 heteroatoms. The normalized spacial score (nSPS) is 24.0. The first kappa shape index (κ1) is 27.5. The average Bonchev–Trinajstić information content (AvgIpc) is 2.89. The summed E-state index contributed by atoms with van der Waals surface area (Å²) >= 11 is 0. The van der Waals surface area contributed by atoms with E-state index in [1.807, 2.05) is 91.0 Å². The molecule has 3 aromatic rings. The first-order chi connectivity index (χ1) is 16.7. The van der Waals surface area contributed by atoms with Crippen LogP contribution >= 0.6 is 8.38 Å². The van der Waals surface area contributed by atoms with E-state index < -0.39 is 32.5 Å². The molecule has 183 valence electrons. The lowest BCUT2D eigenvalue weighted by Crippen LogP contribution is -2.53. The number of rotatable bonds is 11. The van der Waals surface area contributed by atoms with Gasteiger partial charge in [0.25, 0.3) is 0 Å². The summed E-state index contributed by atoms with van der Waals surface area (Å²) in [5.41, 5.74) is 3.12. The molecule has 3 aromatic carbocycles. The van der Waals surface area contributed by atoms with E-state index in [2.05, 4.69) is 0 Å². The van der Waals surface area contributed by atoms with Crippen molar-refractivity contribution in [2.45, 2.75) is 44.0 Å². The molecule has 0 aromatic heterocycles. The van der Waals surface area contributed by atoms with Crippen LogP contribution < -0.4 is 0 Å². The minimum Gasteiger partial charge on any atom is -0.381 e. The van der Waals surface area contributed by atoms with Gasteiger partial charge < -0.3 is 28.4 Å². The van der Waals surface area contributed by atoms with E-state index in [9.17, 15) is 5.11 Å². The standard InChI is InChI=1S/C27H31O6P.B/c1-29-34-27(28)26(32-19-23-15-9-4-10-16-23)25(31-18-22-13-7-3-8-14-22)24(33-34)20-30-17-21-11-5-2-6-12-21;/h2-16,24-28H,17-20H2,1H3;/t24-,25-,26+,27+,34+;/m1./s1. The third-order valence-electron chi connectivity index (χ3n) is 5.58. The molecule has 6 nitrogen and oxygen atoms in total. The average molecular weight is 493 g/mol. The highest BCUT2D eigenvalue weighted by atomic mass is 31.2. The van der Waals surface area contributed by atoms with Crippen LogP contribution in [0.25, 0.3) is 0 Å². The smallest absolute Gasteiger partial charge is 0.204 e. The zero-order valence-electron chi connectivity index (χ0n) is 19.8. The molecule has 0 aliphatic carbocycles. The second-order valence-electron chi connectivity index (χ2n) is 8.05. The molecule has 1 heterocycles. The second kappa shape index (κ2) is 14.5. The Bertz CT molecular complexity index is 965. The Labute approximate surface area is 210 Å². The molecule has 1 fully saturated rings. The van der Waals surface area contributed by atoms with Crippen LogP contribution in [0.5, 0.6) is 0 Å². The van der Waals surface area contributed by atoms with Gasteiger partial charge in [-0.2, -0.15) is 0 Å². The minimum atomic E-state index is -1.58. The molecule has 0 amide bonds. The molecule has 0 bridgehead atoms. The van der Waals surface area contributed by atoms with Gasteiger partial charge in [-0.05, 0) is 16.7 Å². The van der Waals surface area contributed by atoms with Gasteiger partial charge >= 0.3 is 0 Å². The van der Waals surface area contributed by atoms with Crippen LogP contribution in [0.3, 0.4) is 0 Å². The Kier molecular flexibility index (Phi) is 11.4. The lowest BCUT2D eigenvalue weighted by molar-refractivity contribution is -0.176. The number of benzene rings is 3. The molecule has 0 saturated carbocycles. The lowest BCUT2D eigenvalue weighted by Gasteiger charge is -2.43. The highest BCUT2D eigenvalue weighted by Crippen LogP contribution is 2.51. The van der Waals surface area contributed by atoms with Crippen LogP contribution in [-0.4, -0.2) is 51.4 Å². The SMILES string of the molecule is CO[P@@]1O[C@H](COCc2ccccc2)[C@@H](OCc2ccccc2)[C@H](OCc2ccccc2)[C@H]1O.[B]. The van der Waals surface area contributed by atoms with Crippen LogP contribution in [0, 0.1) is 0 Å². The summed E-state index contributed by atoms with van der Waals surface area (Å²) in [5, 5.41) is 11.0. The van der Waals surface area contributed by atoms with Crippen molar-refractivity contribution < 1.29 is 28.4 Å². The molecule has 5 atom stereocenters. The largest absolute Gasteiger partial charge is 0.381 e. The zero-order valence-corrected chi connectivity index (χ0v) is 20.7. The van der Waals surface area contributed by atoms with Crippen LogP contribution in [0.2, 0.25) is 0 Å². The van der Waals surface area contributed by atoms with Gasteiger partial charge in [0.1, 0.15) is 18.3 Å². The van der Waals surface area contributed by atoms with Crippen LogP contribution in [0.4, 0.5) is 0 Å². The van der Waals surface area contributed by atoms with Gasteiger partial charge in [0.2, 0.25) is 8.38 Å². The third kappa shape index (κ3) is 7.96. The molecular formula is C27H31BO6P. The van der Waals surface area contributed by atoms with Crippen molar-refractivity contribution in [3.8, 4) is 0 Å². The number of aliphatic hydroxyl groups excluding tert-OH is 1. The summed E-state index contributed by atoms with van der Waals surface area (Å²) in [6, 6.07) is 29.8. The molecule has 1 aliphatic heterocycles. The quantitative estimate of drug-likeness (QED) is 0.310. The van der Waals surface area contributed by atoms with Crippen molar-refractivity contribution in [2.75, 3.05) is 13.7 Å². The van der Waals surface area contributed by atoms with E-state index >= 15 is 0 Å². The maximum atomic E-state index is 11.0. The Hall–Kier alpha value is -2.09. The van der Waals surface area contributed by atoms with Crippen molar-refractivity contribution in [3.63, 3.8) is 0 Å². The van der Waals surface area contributed by atoms with Gasteiger partial charge in [-0.25, -0.2) is 0 Å². The minimum absolute atomic E-state index is 0. The Morgan fingerprint density at radius 1 is 0.714 bits per heavy atom. The van der Waals surface area contributed by atoms with Gasteiger partial charge in [-0.15, -0.1) is 0 Å². The van der Waals surface area contributed by atoms with Gasteiger partial charge in [0.05, 0.1) is 26.4 Å². The number of ether oxygens (including phenoxy) is 3. The van der Waals surface area contributed by atoms with E-state index in [1.54, 1.807) is 0 Å². The second-order valence-corrected chi connectivity index (χ2v) is 9.72. The third-order valence-corrected chi connectivity index (χ3v) is 7.15. The van der Waals surface area contributed by atoms with Crippen LogP contribution in [0.15, 0.2) is 91.0 Å². The molecule has 1 aliphatic rings. The van der Waals surface area contributed by atoms with Crippen molar-refractivity contribution in [3.05, 3.63) is 108 Å². The van der Waals surface area contributed by atoms with Gasteiger partial charge in [0.15, 0.2) is 5.85 Å². The highest BCUT2D eigenvalue weighted by molar-refractivity contribution is 7.48. The molecule has 1 saturated heterocycles. The van der Waals surface area contributed by atoms with Crippen molar-refractivity contribution in [1.82, 2.24) is 0 Å². The van der Waals surface area contributed by atoms with Crippen molar-refractivity contribution >= 4 is 16.8 Å². The predicted molar refractivity (Wildman–Crippen MR) is 137 cm³/mol. The highest BCUT2D eigenvalue weighted by Gasteiger charge is 2.48. The maximum Gasteiger partial charge on any atom is 0.204 e. The molecule has 1 N–H and O–H groups in total. The molecule has 0 spiro atoms. The molecule has 3 radical (unpaired) electrons. The topological polar surface area (TPSA) is 66.4 Å². The van der Waals surface area contributed by atoms with E-state index in [-0.39, 0.29) is 15.0 Å². The Balaban J connectivity index is 0.00000342. The number of hydrogen-bond donors (Lipinski definition) is 1. The predicted octanol–water partition coefficient (Wildman–Crippen LogP) is 4.67. The van der Waals surface area contributed by atoms with E-state index in [4.69, 9.17) is 23.3 Å². The summed E-state index contributed by atoms with van der Waals surface area (Å²) < 4.78 is 30.2. The molecular weight excluding hydrogens is 462 g/mol. The fourth-order valence-corrected chi connectivity index (χ4v) is 5.19. The van der Waals surface area contributed by atoms with Crippen LogP contribution in [0.1, 0.15) is 16.7 Å². The van der Waals surface area contributed by atoms with E-state index in [1.165, 1.54) is 7.11 Å². The van der Waals surface area contributed by atoms with E-state index in [0.29, 0.717) is 19.8 Å². The van der Waals surface area contributed by atoms with Gasteiger partial charge in [-0.1, -0.05) is 91.0 Å². The van der Waals surface area contributed by atoms with Crippen molar-refractivity contribution in [1.29, 1.82) is 0 Å². The number of hydrogen-bond acceptors (Lipinski definition) is 6. The van der Waals surface area contributed by atoms with E-state index in [0.717, 1.165) is 16.7 Å². The number of aliphatic hydroxyl groups is 1. The van der Waals surface area contributed by atoms with Crippen molar-refractivity contribution in [2.24, 2.45) is 0 Å². The fraction of sp³-hybridized carbons (Fsp3) is 0.333. The maximum absolute atomic E-state index is 11.0. The Morgan fingerprint density at radius 3 is 1.66 bits per heavy atom.